The first kappa shape index (κ1) is 22.8. The number of benzene rings is 3. The second-order valence-corrected chi connectivity index (χ2v) is 8.90. The van der Waals surface area contributed by atoms with Crippen LogP contribution in [0, 0.1) is 5.82 Å². The highest BCUT2D eigenvalue weighted by molar-refractivity contribution is 7.92. The van der Waals surface area contributed by atoms with Crippen molar-refractivity contribution in [1.29, 1.82) is 0 Å². The highest BCUT2D eigenvalue weighted by atomic mass is 32.2. The lowest BCUT2D eigenvalue weighted by atomic mass is 10.0. The largest absolute Gasteiger partial charge is 0.489 e. The fourth-order valence-corrected chi connectivity index (χ4v) is 4.97. The van der Waals surface area contributed by atoms with Crippen molar-refractivity contribution in [2.75, 3.05) is 17.5 Å². The van der Waals surface area contributed by atoms with Crippen molar-refractivity contribution in [2.45, 2.75) is 17.9 Å². The van der Waals surface area contributed by atoms with Gasteiger partial charge < -0.3 is 9.47 Å². The molecule has 1 heterocycles. The van der Waals surface area contributed by atoms with Crippen molar-refractivity contribution < 1.29 is 39.8 Å². The van der Waals surface area contributed by atoms with E-state index in [4.69, 9.17) is 4.74 Å². The molecule has 0 aliphatic carbocycles. The summed E-state index contributed by atoms with van der Waals surface area (Å²) in [5, 5.41) is 0. The molecular weight excluding hydrogens is 469 g/mol. The molecule has 0 N–H and O–H groups in total. The minimum absolute atomic E-state index is 0.0203. The molecule has 0 saturated carbocycles. The fourth-order valence-electron chi connectivity index (χ4n) is 3.46. The molecule has 1 aliphatic heterocycles. The highest BCUT2D eigenvalue weighted by Crippen LogP contribution is 2.39. The third-order valence-electron chi connectivity index (χ3n) is 4.91. The van der Waals surface area contributed by atoms with Crippen molar-refractivity contribution >= 4 is 15.7 Å². The third kappa shape index (κ3) is 4.72. The number of hydrogen-bond donors (Lipinski definition) is 0. The summed E-state index contributed by atoms with van der Waals surface area (Å²) in [7, 11) is -4.24. The zero-order valence-corrected chi connectivity index (χ0v) is 17.5. The molecule has 3 aromatic rings. The van der Waals surface area contributed by atoms with Gasteiger partial charge in [-0.1, -0.05) is 18.2 Å². The molecule has 174 valence electrons. The molecule has 0 atom stereocenters. The summed E-state index contributed by atoms with van der Waals surface area (Å²) < 4.78 is 103. The van der Waals surface area contributed by atoms with E-state index in [1.807, 2.05) is 0 Å². The van der Waals surface area contributed by atoms with Crippen LogP contribution < -0.4 is 13.8 Å². The summed E-state index contributed by atoms with van der Waals surface area (Å²) in [6.07, 6.45) is -2.85. The van der Waals surface area contributed by atoms with Gasteiger partial charge in [-0.3, -0.25) is 4.31 Å². The van der Waals surface area contributed by atoms with Crippen LogP contribution in [0.2, 0.25) is 0 Å². The van der Waals surface area contributed by atoms with Crippen LogP contribution in [-0.4, -0.2) is 28.2 Å². The predicted molar refractivity (Wildman–Crippen MR) is 110 cm³/mol. The zero-order chi connectivity index (χ0) is 23.8. The van der Waals surface area contributed by atoms with Gasteiger partial charge in [0.25, 0.3) is 16.4 Å². The van der Waals surface area contributed by atoms with Crippen LogP contribution in [0.1, 0.15) is 12.0 Å². The maximum atomic E-state index is 14.0. The van der Waals surface area contributed by atoms with Crippen LogP contribution in [0.25, 0.3) is 11.1 Å². The summed E-state index contributed by atoms with van der Waals surface area (Å²) in [4.78, 5) is -0.322. The van der Waals surface area contributed by atoms with E-state index in [0.717, 1.165) is 28.6 Å². The molecule has 0 spiro atoms. The van der Waals surface area contributed by atoms with Gasteiger partial charge in [0.15, 0.2) is 0 Å². The Bertz CT molecular complexity index is 1280. The first-order chi connectivity index (χ1) is 15.6. The van der Waals surface area contributed by atoms with Gasteiger partial charge in [0.1, 0.15) is 23.9 Å². The molecule has 0 amide bonds. The Labute approximate surface area is 186 Å². The van der Waals surface area contributed by atoms with Crippen molar-refractivity contribution in [2.24, 2.45) is 0 Å². The number of nitrogens with zero attached hydrogens (tertiary/aromatic N) is 1. The fraction of sp³-hybridized carbons (Fsp3) is 0.182. The number of anilines is 1. The van der Waals surface area contributed by atoms with Crippen molar-refractivity contribution in [3.8, 4) is 22.6 Å². The van der Waals surface area contributed by atoms with Gasteiger partial charge in [-0.05, 0) is 47.5 Å². The number of hydrogen-bond acceptors (Lipinski definition) is 4. The molecule has 1 aliphatic rings. The normalized spacial score (nSPS) is 13.7. The van der Waals surface area contributed by atoms with Crippen molar-refractivity contribution in [3.63, 3.8) is 0 Å². The highest BCUT2D eigenvalue weighted by Gasteiger charge is 2.31. The second kappa shape index (κ2) is 8.89. The van der Waals surface area contributed by atoms with E-state index in [2.05, 4.69) is 4.74 Å². The average molecular weight is 485 g/mol. The van der Waals surface area contributed by atoms with Crippen LogP contribution in [0.15, 0.2) is 65.6 Å². The lowest BCUT2D eigenvalue weighted by Crippen LogP contribution is -2.38. The second-order valence-electron chi connectivity index (χ2n) is 7.04. The number of fused-ring (bicyclic) bond motifs is 1. The maximum Gasteiger partial charge on any atom is 0.387 e. The summed E-state index contributed by atoms with van der Waals surface area (Å²) >= 11 is 0. The number of rotatable bonds is 6. The quantitative estimate of drug-likeness (QED) is 0.426. The lowest BCUT2D eigenvalue weighted by Gasteiger charge is -2.31. The first-order valence-electron chi connectivity index (χ1n) is 9.58. The number of ether oxygens (including phenoxy) is 2. The third-order valence-corrected chi connectivity index (χ3v) is 6.72. The molecule has 3 aromatic carbocycles. The van der Waals surface area contributed by atoms with Gasteiger partial charge in [-0.15, -0.1) is 0 Å². The molecule has 0 unspecified atom stereocenters. The van der Waals surface area contributed by atoms with E-state index in [1.165, 1.54) is 36.4 Å². The van der Waals surface area contributed by atoms with Crippen LogP contribution in [0.5, 0.6) is 11.5 Å². The minimum Gasteiger partial charge on any atom is -0.489 e. The zero-order valence-electron chi connectivity index (χ0n) is 16.7. The Morgan fingerprint density at radius 3 is 2.45 bits per heavy atom. The van der Waals surface area contributed by atoms with Gasteiger partial charge in [-0.2, -0.15) is 8.78 Å². The molecule has 4 rings (SSSR count). The SMILES string of the molecule is O=S(=O)(c1cccc(C(F)F)c1)N1CCOc2ccc(-c3cc(F)cc(OC(F)F)c3)cc21. The van der Waals surface area contributed by atoms with Crippen molar-refractivity contribution in [3.05, 3.63) is 72.0 Å². The number of sulfonamides is 1. The van der Waals surface area contributed by atoms with Gasteiger partial charge >= 0.3 is 6.61 Å². The molecule has 5 nitrogen and oxygen atoms in total. The van der Waals surface area contributed by atoms with E-state index >= 15 is 0 Å². The van der Waals surface area contributed by atoms with Crippen LogP contribution in [0.4, 0.5) is 27.6 Å². The molecule has 0 fully saturated rings. The van der Waals surface area contributed by atoms with E-state index < -0.39 is 40.2 Å². The molecule has 33 heavy (non-hydrogen) atoms. The lowest BCUT2D eigenvalue weighted by molar-refractivity contribution is -0.0499. The average Bonchev–Trinajstić information content (AvgIpc) is 2.77. The molecule has 0 radical (unpaired) electrons. The predicted octanol–water partition coefficient (Wildman–Crippen LogP) is 5.62. The summed E-state index contributed by atoms with van der Waals surface area (Å²) in [5.74, 6) is -1.02. The molecular formula is C22H16F5NO4S. The van der Waals surface area contributed by atoms with Gasteiger partial charge in [0.2, 0.25) is 0 Å². The molecule has 0 bridgehead atoms. The topological polar surface area (TPSA) is 55.8 Å². The van der Waals surface area contributed by atoms with E-state index in [1.54, 1.807) is 0 Å². The Hall–Kier alpha value is -3.34. The van der Waals surface area contributed by atoms with Crippen LogP contribution in [0.3, 0.4) is 0 Å². The number of halogens is 5. The monoisotopic (exact) mass is 485 g/mol. The van der Waals surface area contributed by atoms with Gasteiger partial charge in [0, 0.05) is 11.6 Å². The molecule has 11 heteroatoms. The first-order valence-corrected chi connectivity index (χ1v) is 11.0. The van der Waals surface area contributed by atoms with Gasteiger partial charge in [0.05, 0.1) is 17.1 Å². The summed E-state index contributed by atoms with van der Waals surface area (Å²) in [5.41, 5.74) is 0.127. The Morgan fingerprint density at radius 2 is 1.73 bits per heavy atom. The molecule has 0 saturated heterocycles. The van der Waals surface area contributed by atoms with Crippen LogP contribution >= 0.6 is 0 Å². The van der Waals surface area contributed by atoms with E-state index in [0.29, 0.717) is 5.56 Å². The summed E-state index contributed by atoms with van der Waals surface area (Å²) in [6, 6.07) is 11.9. The minimum atomic E-state index is -4.24. The van der Waals surface area contributed by atoms with Crippen LogP contribution in [-0.2, 0) is 10.0 Å². The standard InChI is InChI=1S/C22H16F5NO4S/c23-16-8-15(9-17(12-16)32-22(26)27)13-4-5-20-19(11-13)28(6-7-31-20)33(29,30)18-3-1-2-14(10-18)21(24)25/h1-5,8-12,21-22H,6-7H2. The smallest absolute Gasteiger partial charge is 0.387 e. The van der Waals surface area contributed by atoms with E-state index in [9.17, 15) is 30.4 Å². The Kier molecular flexibility index (Phi) is 6.15. The number of alkyl halides is 4. The van der Waals surface area contributed by atoms with Gasteiger partial charge in [-0.25, -0.2) is 21.6 Å². The maximum absolute atomic E-state index is 14.0. The van der Waals surface area contributed by atoms with Crippen molar-refractivity contribution in [1.82, 2.24) is 0 Å². The Balaban J connectivity index is 1.77. The van der Waals surface area contributed by atoms with E-state index in [-0.39, 0.29) is 35.0 Å². The molecule has 0 aromatic heterocycles. The Morgan fingerprint density at radius 1 is 0.939 bits per heavy atom. The summed E-state index contributed by atoms with van der Waals surface area (Å²) in [6.45, 7) is -3.23.